The second-order valence-corrected chi connectivity index (χ2v) is 9.29. The van der Waals surface area contributed by atoms with Crippen LogP contribution in [0.15, 0.2) is 140 Å². The molecular formula is C34H23N5. The third-order valence-corrected chi connectivity index (χ3v) is 6.70. The molecule has 184 valence electrons. The van der Waals surface area contributed by atoms with Crippen molar-refractivity contribution in [3.8, 4) is 56.5 Å². The molecule has 3 aromatic heterocycles. The van der Waals surface area contributed by atoms with Crippen LogP contribution in [-0.2, 0) is 0 Å². The topological polar surface area (TPSA) is 56.0 Å². The highest BCUT2D eigenvalue weighted by atomic mass is 15.0. The van der Waals surface area contributed by atoms with Crippen LogP contribution in [-0.4, -0.2) is 24.3 Å². The zero-order valence-corrected chi connectivity index (χ0v) is 21.0. The molecule has 0 amide bonds. The Labute approximate surface area is 226 Å². The zero-order valence-electron chi connectivity index (χ0n) is 21.0. The van der Waals surface area contributed by atoms with E-state index in [-0.39, 0.29) is 0 Å². The molecule has 7 rings (SSSR count). The summed E-state index contributed by atoms with van der Waals surface area (Å²) in [5, 5.41) is 0. The van der Waals surface area contributed by atoms with Crippen molar-refractivity contribution < 1.29 is 0 Å². The van der Waals surface area contributed by atoms with Gasteiger partial charge in [-0.05, 0) is 29.3 Å². The maximum atomic E-state index is 4.84. The molecule has 0 unspecified atom stereocenters. The van der Waals surface area contributed by atoms with Gasteiger partial charge in [0.05, 0.1) is 5.69 Å². The van der Waals surface area contributed by atoms with Crippen molar-refractivity contribution in [2.75, 3.05) is 0 Å². The van der Waals surface area contributed by atoms with Crippen molar-refractivity contribution in [3.63, 3.8) is 0 Å². The fourth-order valence-corrected chi connectivity index (χ4v) is 4.68. The molecule has 4 aromatic carbocycles. The minimum atomic E-state index is 0.646. The van der Waals surface area contributed by atoms with E-state index in [2.05, 4.69) is 54.7 Å². The molecule has 5 nitrogen and oxygen atoms in total. The zero-order chi connectivity index (χ0) is 26.0. The predicted molar refractivity (Wildman–Crippen MR) is 156 cm³/mol. The highest BCUT2D eigenvalue weighted by Crippen LogP contribution is 2.29. The van der Waals surface area contributed by atoms with Gasteiger partial charge in [0.2, 0.25) is 0 Å². The Hall–Kier alpha value is -5.42. The van der Waals surface area contributed by atoms with Crippen LogP contribution in [0.2, 0.25) is 0 Å². The average molecular weight is 502 g/mol. The van der Waals surface area contributed by atoms with Gasteiger partial charge in [-0.3, -0.25) is 0 Å². The molecule has 0 fully saturated rings. The van der Waals surface area contributed by atoms with Gasteiger partial charge in [-0.1, -0.05) is 109 Å². The number of rotatable bonds is 5. The average Bonchev–Trinajstić information content (AvgIpc) is 3.47. The Morgan fingerprint density at radius 1 is 0.385 bits per heavy atom. The minimum Gasteiger partial charge on any atom is -0.306 e. The lowest BCUT2D eigenvalue weighted by Gasteiger charge is -2.09. The number of fused-ring (bicyclic) bond motifs is 1. The molecule has 0 bridgehead atoms. The van der Waals surface area contributed by atoms with Crippen LogP contribution in [0.4, 0.5) is 0 Å². The Bertz CT molecular complexity index is 1800. The van der Waals surface area contributed by atoms with E-state index < -0.39 is 0 Å². The third-order valence-electron chi connectivity index (χ3n) is 6.70. The number of imidazole rings is 1. The van der Waals surface area contributed by atoms with Crippen LogP contribution in [0.3, 0.4) is 0 Å². The Kier molecular flexibility index (Phi) is 5.72. The van der Waals surface area contributed by atoms with Gasteiger partial charge < -0.3 is 4.40 Å². The first-order valence-corrected chi connectivity index (χ1v) is 12.8. The van der Waals surface area contributed by atoms with E-state index >= 15 is 0 Å². The van der Waals surface area contributed by atoms with Crippen molar-refractivity contribution in [1.29, 1.82) is 0 Å². The normalized spacial score (nSPS) is 11.1. The fourth-order valence-electron chi connectivity index (χ4n) is 4.68. The summed E-state index contributed by atoms with van der Waals surface area (Å²) in [6.07, 6.45) is 4.08. The Balaban J connectivity index is 1.25. The first-order valence-electron chi connectivity index (χ1n) is 12.8. The smallest absolute Gasteiger partial charge is 0.164 e. The SMILES string of the molecule is c1ccc(-c2nc(-c3ccccc3)nc(-c3ccc(-c4cccc(-c5cn6ccccc6n5)c4)cc3)n2)cc1. The molecule has 0 atom stereocenters. The lowest BCUT2D eigenvalue weighted by atomic mass is 10.0. The largest absolute Gasteiger partial charge is 0.306 e. The maximum Gasteiger partial charge on any atom is 0.164 e. The van der Waals surface area contributed by atoms with Crippen LogP contribution >= 0.6 is 0 Å². The summed E-state index contributed by atoms with van der Waals surface area (Å²) in [5.74, 6) is 1.96. The number of hydrogen-bond donors (Lipinski definition) is 0. The summed E-state index contributed by atoms with van der Waals surface area (Å²) in [7, 11) is 0. The second kappa shape index (κ2) is 9.80. The number of pyridine rings is 1. The van der Waals surface area contributed by atoms with Gasteiger partial charge in [0.1, 0.15) is 5.65 Å². The van der Waals surface area contributed by atoms with Crippen molar-refractivity contribution in [2.45, 2.75) is 0 Å². The lowest BCUT2D eigenvalue weighted by Crippen LogP contribution is -2.00. The molecule has 3 heterocycles. The van der Waals surface area contributed by atoms with Gasteiger partial charge in [-0.25, -0.2) is 19.9 Å². The van der Waals surface area contributed by atoms with Crippen LogP contribution in [0, 0.1) is 0 Å². The van der Waals surface area contributed by atoms with Gasteiger partial charge >= 0.3 is 0 Å². The molecular weight excluding hydrogens is 478 g/mol. The molecule has 0 saturated heterocycles. The number of benzene rings is 4. The van der Waals surface area contributed by atoms with E-state index in [9.17, 15) is 0 Å². The van der Waals surface area contributed by atoms with E-state index in [0.717, 1.165) is 44.7 Å². The summed E-state index contributed by atoms with van der Waals surface area (Å²) in [5.41, 5.74) is 8.06. The van der Waals surface area contributed by atoms with Crippen molar-refractivity contribution in [2.24, 2.45) is 0 Å². The summed E-state index contributed by atoms with van der Waals surface area (Å²) >= 11 is 0. The molecule has 0 saturated carbocycles. The van der Waals surface area contributed by atoms with E-state index in [1.165, 1.54) is 0 Å². The molecule has 0 N–H and O–H groups in total. The second-order valence-electron chi connectivity index (χ2n) is 9.29. The third kappa shape index (κ3) is 4.58. The molecule has 0 aliphatic rings. The quantitative estimate of drug-likeness (QED) is 0.241. The number of nitrogens with zero attached hydrogens (tertiary/aromatic N) is 5. The summed E-state index contributed by atoms with van der Waals surface area (Å²) in [6.45, 7) is 0. The molecule has 7 aromatic rings. The number of hydrogen-bond acceptors (Lipinski definition) is 4. The molecule has 0 spiro atoms. The summed E-state index contributed by atoms with van der Waals surface area (Å²) < 4.78 is 2.04. The Morgan fingerprint density at radius 2 is 0.897 bits per heavy atom. The van der Waals surface area contributed by atoms with Gasteiger partial charge in [-0.2, -0.15) is 0 Å². The van der Waals surface area contributed by atoms with Gasteiger partial charge in [0, 0.05) is 34.6 Å². The van der Waals surface area contributed by atoms with Crippen LogP contribution in [0.25, 0.3) is 62.2 Å². The monoisotopic (exact) mass is 501 g/mol. The first-order chi connectivity index (χ1) is 19.3. The van der Waals surface area contributed by atoms with Gasteiger partial charge in [0.25, 0.3) is 0 Å². The first kappa shape index (κ1) is 22.8. The van der Waals surface area contributed by atoms with Crippen molar-refractivity contribution >= 4 is 5.65 Å². The van der Waals surface area contributed by atoms with E-state index in [0.29, 0.717) is 17.5 Å². The summed E-state index contributed by atoms with van der Waals surface area (Å²) in [6, 6.07) is 42.9. The molecule has 39 heavy (non-hydrogen) atoms. The van der Waals surface area contributed by atoms with Crippen molar-refractivity contribution in [3.05, 3.63) is 140 Å². The fraction of sp³-hybridized carbons (Fsp3) is 0. The van der Waals surface area contributed by atoms with Gasteiger partial charge in [0.15, 0.2) is 17.5 Å². The standard InChI is InChI=1S/C34H23N5/c1-3-10-25(11-4-1)32-36-33(26-12-5-2-6-13-26)38-34(37-32)27-19-17-24(18-20-27)28-14-9-15-29(22-28)30-23-39-21-8-7-16-31(39)35-30/h1-23H. The maximum absolute atomic E-state index is 4.84. The Morgan fingerprint density at radius 3 is 1.51 bits per heavy atom. The van der Waals surface area contributed by atoms with E-state index in [4.69, 9.17) is 19.9 Å². The number of aromatic nitrogens is 5. The highest BCUT2D eigenvalue weighted by molar-refractivity contribution is 5.74. The van der Waals surface area contributed by atoms with Gasteiger partial charge in [-0.15, -0.1) is 0 Å². The molecule has 0 aliphatic carbocycles. The van der Waals surface area contributed by atoms with E-state index in [1.54, 1.807) is 0 Å². The predicted octanol–water partition coefficient (Wildman–Crippen LogP) is 7.85. The van der Waals surface area contributed by atoms with Crippen molar-refractivity contribution in [1.82, 2.24) is 24.3 Å². The van der Waals surface area contributed by atoms with Crippen LogP contribution in [0.1, 0.15) is 0 Å². The highest BCUT2D eigenvalue weighted by Gasteiger charge is 2.12. The minimum absolute atomic E-state index is 0.646. The van der Waals surface area contributed by atoms with E-state index in [1.807, 2.05) is 89.5 Å². The molecule has 5 heteroatoms. The molecule has 0 aliphatic heterocycles. The van der Waals surface area contributed by atoms with Crippen LogP contribution in [0.5, 0.6) is 0 Å². The summed E-state index contributed by atoms with van der Waals surface area (Å²) in [4.78, 5) is 19.3. The lowest BCUT2D eigenvalue weighted by molar-refractivity contribution is 1.07. The molecule has 0 radical (unpaired) electrons. The van der Waals surface area contributed by atoms with Crippen LogP contribution < -0.4 is 0 Å².